The van der Waals surface area contributed by atoms with E-state index in [9.17, 15) is 9.18 Å². The molecule has 0 radical (unpaired) electrons. The molecule has 0 bridgehead atoms. The van der Waals surface area contributed by atoms with Crippen LogP contribution >= 0.6 is 11.3 Å². The van der Waals surface area contributed by atoms with Gasteiger partial charge in [-0.25, -0.2) is 4.39 Å². The third-order valence-electron chi connectivity index (χ3n) is 3.58. The normalized spacial score (nSPS) is 12.0. The number of carbonyl (C=O) groups is 1. The second kappa shape index (κ2) is 6.52. The smallest absolute Gasteiger partial charge is 0.297 e. The summed E-state index contributed by atoms with van der Waals surface area (Å²) in [7, 11) is 0. The van der Waals surface area contributed by atoms with Crippen molar-refractivity contribution >= 4 is 27.5 Å². The van der Waals surface area contributed by atoms with Crippen LogP contribution < -0.4 is 4.80 Å². The van der Waals surface area contributed by atoms with Gasteiger partial charge >= 0.3 is 0 Å². The highest BCUT2D eigenvalue weighted by Gasteiger charge is 2.15. The number of allylic oxidation sites excluding steroid dienone is 1. The van der Waals surface area contributed by atoms with Gasteiger partial charge in [0.25, 0.3) is 5.91 Å². The van der Waals surface area contributed by atoms with Gasteiger partial charge < -0.3 is 4.57 Å². The number of para-hydroxylation sites is 1. The predicted octanol–water partition coefficient (Wildman–Crippen LogP) is 3.29. The van der Waals surface area contributed by atoms with Crippen LogP contribution in [0.2, 0.25) is 0 Å². The Labute approximate surface area is 142 Å². The number of nitrogens with zero attached hydrogens (tertiary/aromatic N) is 4. The zero-order valence-electron chi connectivity index (χ0n) is 13.5. The van der Waals surface area contributed by atoms with E-state index in [1.807, 2.05) is 19.9 Å². The van der Waals surface area contributed by atoms with Gasteiger partial charge in [-0.05, 0) is 32.0 Å². The number of thiazole rings is 1. The van der Waals surface area contributed by atoms with Crippen molar-refractivity contribution in [3.05, 3.63) is 58.9 Å². The lowest BCUT2D eigenvalue weighted by atomic mass is 10.3. The fourth-order valence-electron chi connectivity index (χ4n) is 2.57. The fourth-order valence-corrected chi connectivity index (χ4v) is 3.63. The van der Waals surface area contributed by atoms with E-state index < -0.39 is 0 Å². The molecule has 1 aromatic carbocycles. The van der Waals surface area contributed by atoms with Gasteiger partial charge in [0.05, 0.1) is 15.9 Å². The van der Waals surface area contributed by atoms with Crippen molar-refractivity contribution in [3.8, 4) is 0 Å². The maximum absolute atomic E-state index is 14.2. The first kappa shape index (κ1) is 16.3. The molecule has 3 rings (SSSR count). The minimum atomic E-state index is -0.387. The second-order valence-corrected chi connectivity index (χ2v) is 6.28. The fraction of sp³-hybridized carbons (Fsp3) is 0.235. The molecule has 5 nitrogen and oxygen atoms in total. The Kier molecular flexibility index (Phi) is 4.44. The quantitative estimate of drug-likeness (QED) is 0.682. The van der Waals surface area contributed by atoms with E-state index in [4.69, 9.17) is 0 Å². The van der Waals surface area contributed by atoms with Crippen LogP contribution in [0.1, 0.15) is 23.1 Å². The predicted molar refractivity (Wildman–Crippen MR) is 92.5 cm³/mol. The van der Waals surface area contributed by atoms with Crippen LogP contribution in [0.3, 0.4) is 0 Å². The topological polar surface area (TPSA) is 52.2 Å². The molecule has 2 heterocycles. The van der Waals surface area contributed by atoms with Crippen molar-refractivity contribution in [1.29, 1.82) is 0 Å². The van der Waals surface area contributed by atoms with Crippen LogP contribution in [0.25, 0.3) is 10.2 Å². The molecular formula is C17H17FN4OS. The standard InChI is InChI=1S/C17H17FN4OS/c1-4-9-21-15-12(18)7-6-8-14(15)24-17(21)19-16(23)13-10-11(3)20-22(13)5-2/h4,6-8,10H,1,5,9H2,2-3H3. The highest BCUT2D eigenvalue weighted by atomic mass is 32.1. The molecule has 0 aliphatic rings. The number of hydrogen-bond acceptors (Lipinski definition) is 3. The molecule has 0 N–H and O–H groups in total. The minimum Gasteiger partial charge on any atom is -0.310 e. The zero-order valence-corrected chi connectivity index (χ0v) is 14.3. The molecule has 3 aromatic rings. The molecule has 1 amide bonds. The van der Waals surface area contributed by atoms with Gasteiger partial charge in [0, 0.05) is 13.1 Å². The molecule has 0 aliphatic heterocycles. The third kappa shape index (κ3) is 2.82. The van der Waals surface area contributed by atoms with E-state index in [1.165, 1.54) is 17.4 Å². The molecule has 0 unspecified atom stereocenters. The zero-order chi connectivity index (χ0) is 17.3. The van der Waals surface area contributed by atoms with E-state index in [0.29, 0.717) is 29.1 Å². The van der Waals surface area contributed by atoms with Crippen LogP contribution in [0.15, 0.2) is 41.9 Å². The van der Waals surface area contributed by atoms with Crippen molar-refractivity contribution in [3.63, 3.8) is 0 Å². The van der Waals surface area contributed by atoms with Crippen LogP contribution in [0.4, 0.5) is 4.39 Å². The minimum absolute atomic E-state index is 0.339. The average Bonchev–Trinajstić information content (AvgIpc) is 3.09. The summed E-state index contributed by atoms with van der Waals surface area (Å²) in [5.74, 6) is -0.726. The SMILES string of the molecule is C=CCn1c(=NC(=O)c2cc(C)nn2CC)sc2cccc(F)c21. The van der Waals surface area contributed by atoms with E-state index in [1.54, 1.807) is 27.5 Å². The molecular weight excluding hydrogens is 327 g/mol. The third-order valence-corrected chi connectivity index (χ3v) is 4.63. The molecule has 0 saturated heterocycles. The van der Waals surface area contributed by atoms with E-state index in [0.717, 1.165) is 10.4 Å². The van der Waals surface area contributed by atoms with Crippen molar-refractivity contribution < 1.29 is 9.18 Å². The monoisotopic (exact) mass is 344 g/mol. The van der Waals surface area contributed by atoms with E-state index in [-0.39, 0.29) is 11.7 Å². The summed E-state index contributed by atoms with van der Waals surface area (Å²) in [6, 6.07) is 6.57. The summed E-state index contributed by atoms with van der Waals surface area (Å²) in [5, 5.41) is 4.26. The van der Waals surface area contributed by atoms with Gasteiger partial charge in [0.2, 0.25) is 0 Å². The van der Waals surface area contributed by atoms with Gasteiger partial charge in [-0.2, -0.15) is 10.1 Å². The number of benzene rings is 1. The molecule has 0 atom stereocenters. The summed E-state index contributed by atoms with van der Waals surface area (Å²) in [6.07, 6.45) is 1.66. The average molecular weight is 344 g/mol. The van der Waals surface area contributed by atoms with Gasteiger partial charge in [-0.3, -0.25) is 9.48 Å². The molecule has 0 spiro atoms. The molecule has 24 heavy (non-hydrogen) atoms. The van der Waals surface area contributed by atoms with Crippen LogP contribution in [-0.2, 0) is 13.1 Å². The summed E-state index contributed by atoms with van der Waals surface area (Å²) in [5.41, 5.74) is 1.63. The lowest BCUT2D eigenvalue weighted by molar-refractivity contribution is 0.0987. The number of fused-ring (bicyclic) bond motifs is 1. The Bertz CT molecular complexity index is 996. The maximum Gasteiger partial charge on any atom is 0.297 e. The second-order valence-electron chi connectivity index (χ2n) is 5.27. The number of hydrogen-bond donors (Lipinski definition) is 0. The van der Waals surface area contributed by atoms with Gasteiger partial charge in [-0.1, -0.05) is 23.5 Å². The summed E-state index contributed by atoms with van der Waals surface area (Å²) in [4.78, 5) is 17.2. The Morgan fingerprint density at radius 1 is 1.50 bits per heavy atom. The summed E-state index contributed by atoms with van der Waals surface area (Å²) >= 11 is 1.28. The lowest BCUT2D eigenvalue weighted by Gasteiger charge is -2.02. The van der Waals surface area contributed by atoms with E-state index in [2.05, 4.69) is 16.7 Å². The van der Waals surface area contributed by atoms with Crippen molar-refractivity contribution in [2.75, 3.05) is 0 Å². The van der Waals surface area contributed by atoms with E-state index >= 15 is 0 Å². The number of amides is 1. The largest absolute Gasteiger partial charge is 0.310 e. The Balaban J connectivity index is 2.19. The number of rotatable bonds is 4. The van der Waals surface area contributed by atoms with Crippen molar-refractivity contribution in [2.45, 2.75) is 26.9 Å². The Morgan fingerprint density at radius 3 is 3.00 bits per heavy atom. The van der Waals surface area contributed by atoms with Crippen molar-refractivity contribution in [1.82, 2.24) is 14.3 Å². The molecule has 0 saturated carbocycles. The van der Waals surface area contributed by atoms with Crippen LogP contribution in [-0.4, -0.2) is 20.3 Å². The summed E-state index contributed by atoms with van der Waals surface area (Å²) in [6.45, 7) is 8.40. The highest BCUT2D eigenvalue weighted by molar-refractivity contribution is 7.16. The molecule has 124 valence electrons. The number of halogens is 1. The first-order valence-corrected chi connectivity index (χ1v) is 8.39. The van der Waals surface area contributed by atoms with Crippen LogP contribution in [0.5, 0.6) is 0 Å². The van der Waals surface area contributed by atoms with Gasteiger partial charge in [0.1, 0.15) is 11.5 Å². The number of carbonyl (C=O) groups excluding carboxylic acids is 1. The van der Waals surface area contributed by atoms with Gasteiger partial charge in [-0.15, -0.1) is 6.58 Å². The molecule has 7 heteroatoms. The van der Waals surface area contributed by atoms with Crippen LogP contribution in [0, 0.1) is 12.7 Å². The first-order chi connectivity index (χ1) is 11.5. The Morgan fingerprint density at radius 2 is 2.29 bits per heavy atom. The molecule has 0 fully saturated rings. The lowest BCUT2D eigenvalue weighted by Crippen LogP contribution is -2.18. The highest BCUT2D eigenvalue weighted by Crippen LogP contribution is 2.20. The molecule has 0 aliphatic carbocycles. The van der Waals surface area contributed by atoms with Gasteiger partial charge in [0.15, 0.2) is 4.80 Å². The number of aryl methyl sites for hydroxylation is 2. The van der Waals surface area contributed by atoms with Crippen molar-refractivity contribution in [2.24, 2.45) is 4.99 Å². The maximum atomic E-state index is 14.2. The number of aromatic nitrogens is 3. The Hall–Kier alpha value is -2.54. The molecule has 2 aromatic heterocycles. The first-order valence-electron chi connectivity index (χ1n) is 7.57. The summed E-state index contributed by atoms with van der Waals surface area (Å²) < 4.78 is 18.2.